The van der Waals surface area contributed by atoms with Crippen LogP contribution >= 0.6 is 23.4 Å². The number of hydrogen-bond acceptors (Lipinski definition) is 4. The van der Waals surface area contributed by atoms with Gasteiger partial charge in [0.2, 0.25) is 0 Å². The second kappa shape index (κ2) is 5.76. The molecule has 0 saturated heterocycles. The molecule has 0 aliphatic carbocycles. The van der Waals surface area contributed by atoms with E-state index in [1.807, 2.05) is 12.1 Å². The highest BCUT2D eigenvalue weighted by Gasteiger charge is 2.22. The van der Waals surface area contributed by atoms with E-state index >= 15 is 0 Å². The summed E-state index contributed by atoms with van der Waals surface area (Å²) in [6.45, 7) is 7.16. The van der Waals surface area contributed by atoms with Gasteiger partial charge in [0.1, 0.15) is 5.82 Å². The summed E-state index contributed by atoms with van der Waals surface area (Å²) < 4.78 is 2.16. The molecule has 6 heteroatoms. The number of hydrogen-bond donors (Lipinski definition) is 0. The summed E-state index contributed by atoms with van der Waals surface area (Å²) in [6.07, 6.45) is 0. The predicted molar refractivity (Wildman–Crippen MR) is 82.6 cm³/mol. The van der Waals surface area contributed by atoms with Gasteiger partial charge in [-0.2, -0.15) is 0 Å². The van der Waals surface area contributed by atoms with Gasteiger partial charge in [-0.25, -0.2) is 0 Å². The molecule has 1 aliphatic heterocycles. The fourth-order valence-corrected chi connectivity index (χ4v) is 3.50. The molecule has 0 spiro atoms. The first-order valence-corrected chi connectivity index (χ1v) is 8.17. The van der Waals surface area contributed by atoms with Crippen LogP contribution in [0.5, 0.6) is 0 Å². The summed E-state index contributed by atoms with van der Waals surface area (Å²) in [4.78, 5) is 3.57. The van der Waals surface area contributed by atoms with Crippen molar-refractivity contribution in [2.24, 2.45) is 0 Å². The van der Waals surface area contributed by atoms with Crippen molar-refractivity contribution in [2.45, 2.75) is 31.0 Å². The maximum atomic E-state index is 6.15. The third-order valence-corrected chi connectivity index (χ3v) is 4.87. The Morgan fingerprint density at radius 3 is 2.85 bits per heavy atom. The van der Waals surface area contributed by atoms with E-state index < -0.39 is 0 Å². The zero-order valence-electron chi connectivity index (χ0n) is 11.6. The SMILES string of the molecule is CCN(CC)Cc1nnc2n1-c1cc(Cl)ccc1SC2. The van der Waals surface area contributed by atoms with Gasteiger partial charge in [-0.3, -0.25) is 9.47 Å². The molecule has 0 N–H and O–H groups in total. The number of thioether (sulfide) groups is 1. The Morgan fingerprint density at radius 1 is 1.30 bits per heavy atom. The van der Waals surface area contributed by atoms with Crippen molar-refractivity contribution in [2.75, 3.05) is 13.1 Å². The van der Waals surface area contributed by atoms with E-state index in [0.29, 0.717) is 0 Å². The molecule has 0 atom stereocenters. The zero-order chi connectivity index (χ0) is 14.1. The summed E-state index contributed by atoms with van der Waals surface area (Å²) in [5.74, 6) is 2.86. The van der Waals surface area contributed by atoms with Gasteiger partial charge in [0.15, 0.2) is 5.82 Å². The van der Waals surface area contributed by atoms with Crippen LogP contribution in [0.15, 0.2) is 23.1 Å². The second-order valence-electron chi connectivity index (χ2n) is 4.73. The average Bonchev–Trinajstić information content (AvgIpc) is 2.88. The molecule has 0 bridgehead atoms. The first-order valence-electron chi connectivity index (χ1n) is 6.81. The number of fused-ring (bicyclic) bond motifs is 3. The van der Waals surface area contributed by atoms with Gasteiger partial charge in [-0.1, -0.05) is 25.4 Å². The van der Waals surface area contributed by atoms with Gasteiger partial charge >= 0.3 is 0 Å². The minimum absolute atomic E-state index is 0.750. The van der Waals surface area contributed by atoms with E-state index in [2.05, 4.69) is 39.6 Å². The largest absolute Gasteiger partial charge is 0.296 e. The quantitative estimate of drug-likeness (QED) is 0.867. The number of nitrogens with zero attached hydrogens (tertiary/aromatic N) is 4. The maximum absolute atomic E-state index is 6.15. The Balaban J connectivity index is 2.04. The van der Waals surface area contributed by atoms with E-state index in [-0.39, 0.29) is 0 Å². The molecule has 106 valence electrons. The van der Waals surface area contributed by atoms with Gasteiger partial charge < -0.3 is 0 Å². The molecule has 1 aliphatic rings. The van der Waals surface area contributed by atoms with E-state index in [4.69, 9.17) is 11.6 Å². The van der Waals surface area contributed by atoms with Crippen LogP contribution < -0.4 is 0 Å². The number of benzene rings is 1. The van der Waals surface area contributed by atoms with Gasteiger partial charge in [0.25, 0.3) is 0 Å². The Kier molecular flexibility index (Phi) is 4.01. The summed E-state index contributed by atoms with van der Waals surface area (Å²) in [7, 11) is 0. The molecule has 20 heavy (non-hydrogen) atoms. The molecule has 0 fully saturated rings. The highest BCUT2D eigenvalue weighted by molar-refractivity contribution is 7.98. The molecule has 0 amide bonds. The summed E-state index contributed by atoms with van der Waals surface area (Å²) in [6, 6.07) is 6.01. The molecule has 0 saturated carbocycles. The summed E-state index contributed by atoms with van der Waals surface area (Å²) in [5.41, 5.74) is 1.11. The van der Waals surface area contributed by atoms with E-state index in [9.17, 15) is 0 Å². The highest BCUT2D eigenvalue weighted by Crippen LogP contribution is 2.36. The van der Waals surface area contributed by atoms with E-state index in [0.717, 1.165) is 47.7 Å². The third kappa shape index (κ3) is 2.45. The zero-order valence-corrected chi connectivity index (χ0v) is 13.2. The van der Waals surface area contributed by atoms with Crippen LogP contribution in [-0.4, -0.2) is 32.8 Å². The standard InChI is InChI=1S/C14H17ClN4S/c1-3-18(4-2)8-13-16-17-14-9-20-12-6-5-10(15)7-11(12)19(13)14/h5-7H,3-4,8-9H2,1-2H3. The minimum atomic E-state index is 0.750. The van der Waals surface area contributed by atoms with Crippen LogP contribution in [0.2, 0.25) is 5.02 Å². The molecule has 0 unspecified atom stereocenters. The van der Waals surface area contributed by atoms with Crippen molar-refractivity contribution < 1.29 is 0 Å². The topological polar surface area (TPSA) is 34.0 Å². The smallest absolute Gasteiger partial charge is 0.151 e. The van der Waals surface area contributed by atoms with E-state index in [1.165, 1.54) is 4.90 Å². The first-order chi connectivity index (χ1) is 9.72. The molecule has 3 rings (SSSR count). The van der Waals surface area contributed by atoms with Crippen molar-refractivity contribution in [1.29, 1.82) is 0 Å². The Bertz CT molecular complexity index is 622. The van der Waals surface area contributed by atoms with Crippen LogP contribution in [-0.2, 0) is 12.3 Å². The van der Waals surface area contributed by atoms with Crippen molar-refractivity contribution in [3.63, 3.8) is 0 Å². The van der Waals surface area contributed by atoms with Gasteiger partial charge in [0.05, 0.1) is 18.0 Å². The molecule has 1 aromatic heterocycles. The second-order valence-corrected chi connectivity index (χ2v) is 6.18. The fraction of sp³-hybridized carbons (Fsp3) is 0.429. The van der Waals surface area contributed by atoms with Gasteiger partial charge in [-0.05, 0) is 31.3 Å². The monoisotopic (exact) mass is 308 g/mol. The van der Waals surface area contributed by atoms with Crippen molar-refractivity contribution in [3.05, 3.63) is 34.9 Å². The van der Waals surface area contributed by atoms with Gasteiger partial charge in [0, 0.05) is 9.92 Å². The molecule has 1 aromatic carbocycles. The number of rotatable bonds is 4. The average molecular weight is 309 g/mol. The lowest BCUT2D eigenvalue weighted by Crippen LogP contribution is -2.24. The fourth-order valence-electron chi connectivity index (χ4n) is 2.40. The molecular weight excluding hydrogens is 292 g/mol. The van der Waals surface area contributed by atoms with Crippen molar-refractivity contribution in [3.8, 4) is 5.69 Å². The Morgan fingerprint density at radius 2 is 2.10 bits per heavy atom. The van der Waals surface area contributed by atoms with Crippen LogP contribution in [0.1, 0.15) is 25.5 Å². The van der Waals surface area contributed by atoms with Crippen LogP contribution in [0.3, 0.4) is 0 Å². The first kappa shape index (κ1) is 13.9. The predicted octanol–water partition coefficient (Wildman–Crippen LogP) is 3.37. The van der Waals surface area contributed by atoms with Crippen molar-refractivity contribution >= 4 is 23.4 Å². The van der Waals surface area contributed by atoms with Gasteiger partial charge in [-0.15, -0.1) is 22.0 Å². The maximum Gasteiger partial charge on any atom is 0.151 e. The van der Waals surface area contributed by atoms with Crippen LogP contribution in [0, 0.1) is 0 Å². The minimum Gasteiger partial charge on any atom is -0.296 e. The Labute approximate surface area is 128 Å². The third-order valence-electron chi connectivity index (χ3n) is 3.58. The lowest BCUT2D eigenvalue weighted by atomic mass is 10.3. The van der Waals surface area contributed by atoms with E-state index in [1.54, 1.807) is 11.8 Å². The number of aromatic nitrogens is 3. The summed E-state index contributed by atoms with van der Waals surface area (Å²) in [5, 5.41) is 9.46. The molecule has 4 nitrogen and oxygen atoms in total. The number of halogens is 1. The van der Waals surface area contributed by atoms with Crippen LogP contribution in [0.25, 0.3) is 5.69 Å². The molecule has 0 radical (unpaired) electrons. The lowest BCUT2D eigenvalue weighted by molar-refractivity contribution is 0.286. The normalized spacial score (nSPS) is 13.4. The molecular formula is C14H17ClN4S. The van der Waals surface area contributed by atoms with Crippen molar-refractivity contribution in [1.82, 2.24) is 19.7 Å². The molecule has 2 heterocycles. The summed E-state index contributed by atoms with van der Waals surface area (Å²) >= 11 is 7.94. The van der Waals surface area contributed by atoms with Crippen LogP contribution in [0.4, 0.5) is 0 Å². The lowest BCUT2D eigenvalue weighted by Gasteiger charge is -2.22. The molecule has 2 aromatic rings. The highest BCUT2D eigenvalue weighted by atomic mass is 35.5. The Hall–Kier alpha value is -1.04.